The van der Waals surface area contributed by atoms with Crippen LogP contribution in [0.2, 0.25) is 18.6 Å². The average molecular weight is 720 g/mol. The SMILES string of the molecule is COc1ccc([Si](C)(C)[C@H]2[C@H](CC(=O)N(CCO)Cc3ccccc3)O[C@@]3(C(=O)N(c4ccccc4)c4ccc(N5CCOC5=O)cc43)[C@@H]2C)cc1. The number of hydrogen-bond acceptors (Lipinski definition) is 7. The van der Waals surface area contributed by atoms with Gasteiger partial charge in [0.15, 0.2) is 5.60 Å². The lowest BCUT2D eigenvalue weighted by atomic mass is 9.82. The number of hydrogen-bond donors (Lipinski definition) is 1. The maximum absolute atomic E-state index is 15.3. The maximum Gasteiger partial charge on any atom is 0.414 e. The third kappa shape index (κ3) is 6.06. The first-order valence-corrected chi connectivity index (χ1v) is 20.9. The van der Waals surface area contributed by atoms with Gasteiger partial charge in [0, 0.05) is 35.9 Å². The van der Waals surface area contributed by atoms with Crippen molar-refractivity contribution in [3.05, 3.63) is 114 Å². The number of ether oxygens (including phenoxy) is 3. The van der Waals surface area contributed by atoms with Crippen molar-refractivity contribution in [3.8, 4) is 5.75 Å². The molecular weight excluding hydrogens is 675 g/mol. The summed E-state index contributed by atoms with van der Waals surface area (Å²) in [6, 6.07) is 32.9. The predicted molar refractivity (Wildman–Crippen MR) is 202 cm³/mol. The Bertz CT molecular complexity index is 1940. The molecule has 4 atom stereocenters. The van der Waals surface area contributed by atoms with Crippen LogP contribution in [0.4, 0.5) is 21.9 Å². The maximum atomic E-state index is 15.3. The monoisotopic (exact) mass is 719 g/mol. The molecule has 11 heteroatoms. The number of aliphatic hydroxyl groups excluding tert-OH is 1. The third-order valence-corrected chi connectivity index (χ3v) is 15.5. The van der Waals surface area contributed by atoms with E-state index in [0.29, 0.717) is 35.7 Å². The summed E-state index contributed by atoms with van der Waals surface area (Å²) in [6.07, 6.45) is -1.03. The Morgan fingerprint density at radius 3 is 2.29 bits per heavy atom. The minimum Gasteiger partial charge on any atom is -0.497 e. The van der Waals surface area contributed by atoms with Crippen LogP contribution in [0.15, 0.2) is 103 Å². The Hall–Kier alpha value is -4.97. The van der Waals surface area contributed by atoms with Gasteiger partial charge in [-0.25, -0.2) is 4.79 Å². The molecule has 4 aromatic carbocycles. The van der Waals surface area contributed by atoms with Crippen LogP contribution in [-0.4, -0.2) is 75.5 Å². The summed E-state index contributed by atoms with van der Waals surface area (Å²) in [4.78, 5) is 47.3. The Balaban J connectivity index is 1.35. The van der Waals surface area contributed by atoms with Gasteiger partial charge in [-0.15, -0.1) is 0 Å². The molecule has 1 N–H and O–H groups in total. The molecule has 270 valence electrons. The standard InChI is InChI=1S/C41H45N3O7Si/c1-28-38(52(3,4)33-18-16-32(49-2)17-19-33)36(26-37(46)42(21-23-45)27-29-11-7-5-8-12-29)51-41(28)34-25-31(43-22-24-50-40(43)48)15-20-35(34)44(39(41)47)30-13-9-6-10-14-30/h5-20,25,28,36,38,45H,21-24,26-27H2,1-4H3/t28-,36+,38-,41+/m1/s1. The molecule has 52 heavy (non-hydrogen) atoms. The molecule has 0 bridgehead atoms. The molecular formula is C41H45N3O7Si. The Labute approximate surface area is 305 Å². The van der Waals surface area contributed by atoms with E-state index in [1.54, 1.807) is 21.8 Å². The van der Waals surface area contributed by atoms with Crippen molar-refractivity contribution < 1.29 is 33.7 Å². The molecule has 3 aliphatic rings. The normalized spacial score (nSPS) is 22.5. The van der Waals surface area contributed by atoms with Crippen molar-refractivity contribution in [3.63, 3.8) is 0 Å². The summed E-state index contributed by atoms with van der Waals surface area (Å²) in [5.74, 6) is 0.00350. The highest BCUT2D eigenvalue weighted by Crippen LogP contribution is 2.61. The zero-order chi connectivity index (χ0) is 36.6. The number of rotatable bonds is 11. The molecule has 0 aliphatic carbocycles. The van der Waals surface area contributed by atoms with Gasteiger partial charge in [0.1, 0.15) is 12.4 Å². The zero-order valence-electron chi connectivity index (χ0n) is 30.0. The average Bonchev–Trinajstić information content (AvgIpc) is 3.80. The molecule has 2 fully saturated rings. The second-order valence-corrected chi connectivity index (χ2v) is 19.0. The number of carbonyl (C=O) groups is 3. The number of nitrogens with zero attached hydrogens (tertiary/aromatic N) is 3. The van der Waals surface area contributed by atoms with Crippen LogP contribution in [0.5, 0.6) is 5.75 Å². The van der Waals surface area contributed by atoms with E-state index < -0.39 is 25.9 Å². The summed E-state index contributed by atoms with van der Waals surface area (Å²) < 4.78 is 18.0. The van der Waals surface area contributed by atoms with Crippen molar-refractivity contribution in [1.29, 1.82) is 0 Å². The van der Waals surface area contributed by atoms with Gasteiger partial charge < -0.3 is 24.2 Å². The van der Waals surface area contributed by atoms with Crippen molar-refractivity contribution in [2.24, 2.45) is 5.92 Å². The lowest BCUT2D eigenvalue weighted by molar-refractivity contribution is -0.149. The largest absolute Gasteiger partial charge is 0.497 e. The predicted octanol–water partition coefficient (Wildman–Crippen LogP) is 5.96. The molecule has 3 heterocycles. The lowest BCUT2D eigenvalue weighted by Gasteiger charge is -2.37. The van der Waals surface area contributed by atoms with E-state index in [4.69, 9.17) is 14.2 Å². The number of benzene rings is 4. The first-order valence-electron chi connectivity index (χ1n) is 17.8. The van der Waals surface area contributed by atoms with Gasteiger partial charge in [-0.1, -0.05) is 85.9 Å². The number of aliphatic hydroxyl groups is 1. The molecule has 4 aromatic rings. The molecule has 2 saturated heterocycles. The number of para-hydroxylation sites is 1. The van der Waals surface area contributed by atoms with Crippen molar-refractivity contribution in [1.82, 2.24) is 4.90 Å². The number of carbonyl (C=O) groups excluding carboxylic acids is 3. The molecule has 7 rings (SSSR count). The van der Waals surface area contributed by atoms with E-state index >= 15 is 4.79 Å². The smallest absolute Gasteiger partial charge is 0.414 e. The molecule has 0 saturated carbocycles. The Morgan fingerprint density at radius 1 is 0.962 bits per heavy atom. The summed E-state index contributed by atoms with van der Waals surface area (Å²) >= 11 is 0. The first kappa shape index (κ1) is 35.4. The number of anilines is 3. The van der Waals surface area contributed by atoms with Crippen LogP contribution < -0.4 is 19.7 Å². The topological polar surface area (TPSA) is 109 Å². The number of fused-ring (bicyclic) bond motifs is 2. The van der Waals surface area contributed by atoms with Crippen molar-refractivity contribution in [2.75, 3.05) is 43.2 Å². The Morgan fingerprint density at radius 2 is 1.65 bits per heavy atom. The van der Waals surface area contributed by atoms with Crippen molar-refractivity contribution >= 4 is 48.2 Å². The van der Waals surface area contributed by atoms with E-state index in [1.165, 1.54) is 0 Å². The van der Waals surface area contributed by atoms with E-state index in [9.17, 15) is 14.7 Å². The molecule has 10 nitrogen and oxygen atoms in total. The molecule has 3 aliphatic heterocycles. The van der Waals surface area contributed by atoms with Crippen LogP contribution in [0.3, 0.4) is 0 Å². The number of amides is 3. The summed E-state index contributed by atoms with van der Waals surface area (Å²) in [7, 11) is -0.914. The molecule has 0 aromatic heterocycles. The molecule has 3 amide bonds. The number of cyclic esters (lactones) is 1. The van der Waals surface area contributed by atoms with Gasteiger partial charge in [-0.05, 0) is 53.6 Å². The van der Waals surface area contributed by atoms with Gasteiger partial charge in [0.05, 0.1) is 46.5 Å². The third-order valence-electron chi connectivity index (χ3n) is 11.1. The summed E-state index contributed by atoms with van der Waals surface area (Å²) in [6.45, 7) is 7.64. The van der Waals surface area contributed by atoms with Crippen LogP contribution in [0.25, 0.3) is 0 Å². The van der Waals surface area contributed by atoms with E-state index in [1.807, 2.05) is 91.0 Å². The molecule has 1 spiro atoms. The highest BCUT2D eigenvalue weighted by atomic mass is 28.3. The highest BCUT2D eigenvalue weighted by molar-refractivity contribution is 6.91. The van der Waals surface area contributed by atoms with Gasteiger partial charge in [0.25, 0.3) is 5.91 Å². The quantitative estimate of drug-likeness (QED) is 0.191. The van der Waals surface area contributed by atoms with E-state index in [0.717, 1.165) is 16.5 Å². The highest BCUT2D eigenvalue weighted by Gasteiger charge is 2.67. The van der Waals surface area contributed by atoms with Crippen LogP contribution in [-0.2, 0) is 31.2 Å². The number of methoxy groups -OCH3 is 1. The van der Waals surface area contributed by atoms with E-state index in [2.05, 4.69) is 32.2 Å². The van der Waals surface area contributed by atoms with Gasteiger partial charge in [-0.2, -0.15) is 0 Å². The second kappa shape index (κ2) is 14.2. The van der Waals surface area contributed by atoms with Crippen LogP contribution in [0.1, 0.15) is 24.5 Å². The fourth-order valence-electron chi connectivity index (χ4n) is 8.57. The first-order chi connectivity index (χ1) is 25.1. The van der Waals surface area contributed by atoms with Gasteiger partial charge in [-0.3, -0.25) is 19.4 Å². The Kier molecular flexibility index (Phi) is 9.68. The lowest BCUT2D eigenvalue weighted by Crippen LogP contribution is -2.52. The van der Waals surface area contributed by atoms with Crippen LogP contribution in [0, 0.1) is 5.92 Å². The minimum absolute atomic E-state index is 0.0300. The van der Waals surface area contributed by atoms with Crippen LogP contribution >= 0.6 is 0 Å². The minimum atomic E-state index is -2.55. The fraction of sp³-hybridized carbons (Fsp3) is 0.341. The van der Waals surface area contributed by atoms with E-state index in [-0.39, 0.29) is 49.5 Å². The zero-order valence-corrected chi connectivity index (χ0v) is 31.0. The van der Waals surface area contributed by atoms with Gasteiger partial charge >= 0.3 is 6.09 Å². The summed E-state index contributed by atoms with van der Waals surface area (Å²) in [5.41, 5.74) is 2.00. The fourth-order valence-corrected chi connectivity index (χ4v) is 12.6. The van der Waals surface area contributed by atoms with Gasteiger partial charge in [0.2, 0.25) is 5.91 Å². The summed E-state index contributed by atoms with van der Waals surface area (Å²) in [5, 5.41) is 11.2. The molecule has 0 unspecified atom stereocenters. The second-order valence-electron chi connectivity index (χ2n) is 14.3. The van der Waals surface area contributed by atoms with Crippen molar-refractivity contribution in [2.45, 2.75) is 50.2 Å². The molecule has 0 radical (unpaired) electrons.